The number of amides is 2. The van der Waals surface area contributed by atoms with Gasteiger partial charge in [0.1, 0.15) is 0 Å². The number of hydrogen-bond donors (Lipinski definition) is 1. The lowest BCUT2D eigenvalue weighted by atomic mass is 9.87. The molecular weight excluding hydrogens is 380 g/mol. The normalized spacial score (nSPS) is 19.2. The zero-order chi connectivity index (χ0) is 21.1. The number of carbonyl (C=O) groups excluding carboxylic acids is 3. The van der Waals surface area contributed by atoms with Crippen molar-refractivity contribution in [3.63, 3.8) is 0 Å². The molecule has 2 atom stereocenters. The van der Waals surface area contributed by atoms with Gasteiger partial charge in [-0.3, -0.25) is 9.59 Å². The lowest BCUT2D eigenvalue weighted by Gasteiger charge is -2.27. The van der Waals surface area contributed by atoms with Crippen LogP contribution in [0, 0.1) is 0 Å². The van der Waals surface area contributed by atoms with Gasteiger partial charge >= 0.3 is 5.97 Å². The number of nitrogens with one attached hydrogen (secondary N) is 1. The molecule has 1 N–H and O–H groups in total. The molecule has 4 rings (SSSR count). The number of anilines is 1. The highest BCUT2D eigenvalue weighted by atomic mass is 16.5. The minimum atomic E-state index is -0.913. The lowest BCUT2D eigenvalue weighted by Crippen LogP contribution is -2.39. The third kappa shape index (κ3) is 4.22. The second-order valence-electron chi connectivity index (χ2n) is 7.90. The van der Waals surface area contributed by atoms with E-state index in [2.05, 4.69) is 11.4 Å². The Balaban J connectivity index is 1.39. The monoisotopic (exact) mass is 406 g/mol. The molecule has 6 nitrogen and oxygen atoms in total. The summed E-state index contributed by atoms with van der Waals surface area (Å²) in [4.78, 5) is 38.9. The highest BCUT2D eigenvalue weighted by Gasteiger charge is 2.26. The molecule has 2 aromatic carbocycles. The SMILES string of the molecule is C[C@@H](OC(=O)c1cccc(N2CCCC2=O)c1)C(=O)N[C@@H]1CCCc2ccccc21. The van der Waals surface area contributed by atoms with Crippen LogP contribution < -0.4 is 10.2 Å². The number of aryl methyl sites for hydroxylation is 1. The van der Waals surface area contributed by atoms with E-state index in [1.807, 2.05) is 18.2 Å². The predicted octanol–water partition coefficient (Wildman–Crippen LogP) is 3.55. The first kappa shape index (κ1) is 20.1. The maximum Gasteiger partial charge on any atom is 0.338 e. The fraction of sp³-hybridized carbons (Fsp3) is 0.375. The average molecular weight is 406 g/mol. The molecule has 2 aromatic rings. The van der Waals surface area contributed by atoms with E-state index < -0.39 is 12.1 Å². The van der Waals surface area contributed by atoms with Crippen molar-refractivity contribution in [1.82, 2.24) is 5.32 Å². The topological polar surface area (TPSA) is 75.7 Å². The number of carbonyl (C=O) groups is 3. The third-order valence-corrected chi connectivity index (χ3v) is 5.81. The van der Waals surface area contributed by atoms with Crippen molar-refractivity contribution in [2.24, 2.45) is 0 Å². The van der Waals surface area contributed by atoms with Crippen LogP contribution in [0.5, 0.6) is 0 Å². The largest absolute Gasteiger partial charge is 0.449 e. The molecule has 0 spiro atoms. The Hall–Kier alpha value is -3.15. The van der Waals surface area contributed by atoms with Gasteiger partial charge in [0.15, 0.2) is 6.10 Å². The molecular formula is C24H26N2O4. The predicted molar refractivity (Wildman–Crippen MR) is 113 cm³/mol. The van der Waals surface area contributed by atoms with Crippen molar-refractivity contribution in [1.29, 1.82) is 0 Å². The van der Waals surface area contributed by atoms with Gasteiger partial charge in [-0.1, -0.05) is 30.3 Å². The molecule has 156 valence electrons. The van der Waals surface area contributed by atoms with Crippen LogP contribution in [-0.2, 0) is 20.7 Å². The van der Waals surface area contributed by atoms with E-state index in [1.54, 1.807) is 36.1 Å². The van der Waals surface area contributed by atoms with Gasteiger partial charge in [0.25, 0.3) is 5.91 Å². The molecule has 0 saturated carbocycles. The molecule has 6 heteroatoms. The Morgan fingerprint density at radius 2 is 1.93 bits per heavy atom. The zero-order valence-corrected chi connectivity index (χ0v) is 17.1. The number of hydrogen-bond acceptors (Lipinski definition) is 4. The van der Waals surface area contributed by atoms with E-state index in [9.17, 15) is 14.4 Å². The zero-order valence-electron chi connectivity index (χ0n) is 17.1. The summed E-state index contributed by atoms with van der Waals surface area (Å²) in [5.74, 6) is -0.827. The Kier molecular flexibility index (Phi) is 5.84. The minimum absolute atomic E-state index is 0.0565. The molecule has 0 aromatic heterocycles. The van der Waals surface area contributed by atoms with Crippen molar-refractivity contribution in [3.8, 4) is 0 Å². The summed E-state index contributed by atoms with van der Waals surface area (Å²) in [7, 11) is 0. The molecule has 30 heavy (non-hydrogen) atoms. The number of ether oxygens (including phenoxy) is 1. The molecule has 1 heterocycles. The van der Waals surface area contributed by atoms with Crippen LogP contribution in [0.15, 0.2) is 48.5 Å². The summed E-state index contributed by atoms with van der Waals surface area (Å²) in [5, 5.41) is 3.02. The van der Waals surface area contributed by atoms with Gasteiger partial charge in [0.05, 0.1) is 11.6 Å². The van der Waals surface area contributed by atoms with Crippen molar-refractivity contribution in [2.75, 3.05) is 11.4 Å². The van der Waals surface area contributed by atoms with Crippen molar-refractivity contribution in [2.45, 2.75) is 51.2 Å². The average Bonchev–Trinajstić information content (AvgIpc) is 3.20. The highest BCUT2D eigenvalue weighted by molar-refractivity contribution is 5.98. The summed E-state index contributed by atoms with van der Waals surface area (Å²) in [6.07, 6.45) is 3.32. The van der Waals surface area contributed by atoms with E-state index in [0.717, 1.165) is 31.2 Å². The van der Waals surface area contributed by atoms with Gasteiger partial charge < -0.3 is 15.0 Å². The van der Waals surface area contributed by atoms with Crippen LogP contribution in [-0.4, -0.2) is 30.4 Å². The Morgan fingerprint density at radius 1 is 1.10 bits per heavy atom. The first-order valence-electron chi connectivity index (χ1n) is 10.5. The Labute approximate surface area is 176 Å². The van der Waals surface area contributed by atoms with Crippen LogP contribution in [0.25, 0.3) is 0 Å². The third-order valence-electron chi connectivity index (χ3n) is 5.81. The van der Waals surface area contributed by atoms with Crippen LogP contribution >= 0.6 is 0 Å². The Bertz CT molecular complexity index is 971. The Morgan fingerprint density at radius 3 is 2.73 bits per heavy atom. The molecule has 1 aliphatic carbocycles. The molecule has 0 radical (unpaired) electrons. The number of benzene rings is 2. The quantitative estimate of drug-likeness (QED) is 0.771. The highest BCUT2D eigenvalue weighted by Crippen LogP contribution is 2.29. The number of esters is 1. The second-order valence-corrected chi connectivity index (χ2v) is 7.90. The number of nitrogens with zero attached hydrogens (tertiary/aromatic N) is 1. The summed E-state index contributed by atoms with van der Waals surface area (Å²) in [5.41, 5.74) is 3.41. The fourth-order valence-electron chi connectivity index (χ4n) is 4.20. The van der Waals surface area contributed by atoms with Gasteiger partial charge in [0, 0.05) is 18.7 Å². The van der Waals surface area contributed by atoms with E-state index in [4.69, 9.17) is 4.74 Å². The summed E-state index contributed by atoms with van der Waals surface area (Å²) < 4.78 is 5.42. The van der Waals surface area contributed by atoms with Gasteiger partial charge in [0.2, 0.25) is 5.91 Å². The molecule has 1 fully saturated rings. The fourth-order valence-corrected chi connectivity index (χ4v) is 4.20. The van der Waals surface area contributed by atoms with Crippen molar-refractivity contribution in [3.05, 3.63) is 65.2 Å². The van der Waals surface area contributed by atoms with E-state index in [1.165, 1.54) is 5.56 Å². The molecule has 2 amide bonds. The van der Waals surface area contributed by atoms with Crippen LogP contribution in [0.4, 0.5) is 5.69 Å². The smallest absolute Gasteiger partial charge is 0.338 e. The van der Waals surface area contributed by atoms with Gasteiger partial charge in [-0.25, -0.2) is 4.79 Å². The van der Waals surface area contributed by atoms with Crippen molar-refractivity contribution >= 4 is 23.5 Å². The molecule has 0 bridgehead atoms. The lowest BCUT2D eigenvalue weighted by molar-refractivity contribution is -0.130. The summed E-state index contributed by atoms with van der Waals surface area (Å²) in [6.45, 7) is 2.23. The van der Waals surface area contributed by atoms with Crippen LogP contribution in [0.2, 0.25) is 0 Å². The van der Waals surface area contributed by atoms with Gasteiger partial charge in [-0.05, 0) is 61.9 Å². The van der Waals surface area contributed by atoms with Crippen LogP contribution in [0.3, 0.4) is 0 Å². The van der Waals surface area contributed by atoms with Gasteiger partial charge in [-0.15, -0.1) is 0 Å². The van der Waals surface area contributed by atoms with E-state index in [0.29, 0.717) is 24.2 Å². The van der Waals surface area contributed by atoms with Gasteiger partial charge in [-0.2, -0.15) is 0 Å². The maximum atomic E-state index is 12.7. The molecule has 2 aliphatic rings. The first-order chi connectivity index (χ1) is 14.5. The molecule has 1 saturated heterocycles. The summed E-state index contributed by atoms with van der Waals surface area (Å²) >= 11 is 0. The van der Waals surface area contributed by atoms with E-state index in [-0.39, 0.29) is 17.9 Å². The van der Waals surface area contributed by atoms with E-state index >= 15 is 0 Å². The molecule has 0 unspecified atom stereocenters. The summed E-state index contributed by atoms with van der Waals surface area (Å²) in [6, 6.07) is 14.9. The first-order valence-corrected chi connectivity index (χ1v) is 10.5. The number of fused-ring (bicyclic) bond motifs is 1. The standard InChI is InChI=1S/C24H26N2O4/c1-16(23(28)25-21-12-5-8-17-7-2-3-11-20(17)21)30-24(29)18-9-4-10-19(15-18)26-14-6-13-22(26)27/h2-4,7,9-11,15-16,21H,5-6,8,12-14H2,1H3,(H,25,28)/t16-,21-/m1/s1. The van der Waals surface area contributed by atoms with Crippen LogP contribution in [0.1, 0.15) is 60.1 Å². The molecule has 1 aliphatic heterocycles. The van der Waals surface area contributed by atoms with Crippen molar-refractivity contribution < 1.29 is 19.1 Å². The second kappa shape index (κ2) is 8.69. The minimum Gasteiger partial charge on any atom is -0.449 e. The maximum absolute atomic E-state index is 12.7. The number of rotatable bonds is 5.